The average molecular weight is 396 g/mol. The van der Waals surface area contributed by atoms with Gasteiger partial charge in [-0.2, -0.15) is 0 Å². The summed E-state index contributed by atoms with van der Waals surface area (Å²) in [6.45, 7) is 0. The molecular formula is C27H24O3. The molecule has 2 aliphatic rings. The Labute approximate surface area is 176 Å². The highest BCUT2D eigenvalue weighted by atomic mass is 16.5. The molecule has 3 heteroatoms. The molecule has 5 rings (SSSR count). The highest BCUT2D eigenvalue weighted by Crippen LogP contribution is 2.54. The molecule has 0 fully saturated rings. The van der Waals surface area contributed by atoms with Crippen molar-refractivity contribution in [3.63, 3.8) is 0 Å². The first-order valence-corrected chi connectivity index (χ1v) is 10.3. The standard InChI is InChI=1S/C27H24O3/c1-30-26(29)19-12-10-18(11-13-19)16-27(17-22-8-4-5-9-24(22)25(27)28)23-14-20-6-2-3-7-21(20)15-23/h2-14,25,28H,15-17H2,1H3/t25-,27+/m0/s1. The second-order valence-electron chi connectivity index (χ2n) is 8.34. The van der Waals surface area contributed by atoms with E-state index in [1.54, 1.807) is 12.1 Å². The summed E-state index contributed by atoms with van der Waals surface area (Å²) < 4.78 is 4.82. The van der Waals surface area contributed by atoms with Crippen molar-refractivity contribution >= 4 is 12.0 Å². The minimum absolute atomic E-state index is 0.335. The summed E-state index contributed by atoms with van der Waals surface area (Å²) in [5.41, 5.74) is 7.34. The molecule has 3 aromatic carbocycles. The summed E-state index contributed by atoms with van der Waals surface area (Å²) >= 11 is 0. The lowest BCUT2D eigenvalue weighted by molar-refractivity contribution is 0.0599. The molecule has 150 valence electrons. The van der Waals surface area contributed by atoms with E-state index in [2.05, 4.69) is 36.4 Å². The Bertz CT molecular complexity index is 1140. The molecule has 30 heavy (non-hydrogen) atoms. The zero-order valence-electron chi connectivity index (χ0n) is 17.0. The van der Waals surface area contributed by atoms with E-state index in [0.29, 0.717) is 12.0 Å². The lowest BCUT2D eigenvalue weighted by Crippen LogP contribution is -2.31. The maximum absolute atomic E-state index is 11.8. The van der Waals surface area contributed by atoms with Gasteiger partial charge in [0.05, 0.1) is 18.8 Å². The van der Waals surface area contributed by atoms with Crippen LogP contribution in [0.3, 0.4) is 0 Å². The molecule has 0 saturated heterocycles. The number of esters is 1. The van der Waals surface area contributed by atoms with E-state index in [-0.39, 0.29) is 5.97 Å². The molecule has 0 amide bonds. The van der Waals surface area contributed by atoms with Gasteiger partial charge in [0.15, 0.2) is 0 Å². The number of hydrogen-bond acceptors (Lipinski definition) is 3. The lowest BCUT2D eigenvalue weighted by atomic mass is 9.70. The minimum Gasteiger partial charge on any atom is -0.465 e. The summed E-state index contributed by atoms with van der Waals surface area (Å²) in [6, 6.07) is 24.3. The molecule has 0 aromatic heterocycles. The van der Waals surface area contributed by atoms with Crippen LogP contribution in [0.25, 0.3) is 6.08 Å². The zero-order chi connectivity index (χ0) is 20.7. The molecular weight excluding hydrogens is 372 g/mol. The van der Waals surface area contributed by atoms with Gasteiger partial charge in [-0.25, -0.2) is 4.79 Å². The fraction of sp³-hybridized carbons (Fsp3) is 0.222. The number of methoxy groups -OCH3 is 1. The first-order valence-electron chi connectivity index (χ1n) is 10.3. The molecule has 0 radical (unpaired) electrons. The van der Waals surface area contributed by atoms with Crippen molar-refractivity contribution in [3.05, 3.63) is 112 Å². The van der Waals surface area contributed by atoms with Crippen LogP contribution in [0.2, 0.25) is 0 Å². The minimum atomic E-state index is -0.561. The van der Waals surface area contributed by atoms with Crippen LogP contribution in [0.5, 0.6) is 0 Å². The van der Waals surface area contributed by atoms with Crippen LogP contribution in [0.4, 0.5) is 0 Å². The Balaban J connectivity index is 1.55. The molecule has 0 heterocycles. The highest BCUT2D eigenvalue weighted by Gasteiger charge is 2.48. The molecule has 0 spiro atoms. The summed E-state index contributed by atoms with van der Waals surface area (Å²) in [6.07, 6.45) is 4.09. The Kier molecular flexibility index (Phi) is 4.56. The summed E-state index contributed by atoms with van der Waals surface area (Å²) in [4.78, 5) is 11.8. The molecule has 3 aromatic rings. The Morgan fingerprint density at radius 2 is 1.70 bits per heavy atom. The molecule has 0 unspecified atom stereocenters. The summed E-state index contributed by atoms with van der Waals surface area (Å²) in [5, 5.41) is 11.6. The third-order valence-electron chi connectivity index (χ3n) is 6.68. The van der Waals surface area contributed by atoms with E-state index >= 15 is 0 Å². The molecule has 0 bridgehead atoms. The van der Waals surface area contributed by atoms with Gasteiger partial charge in [0.2, 0.25) is 0 Å². The van der Waals surface area contributed by atoms with E-state index in [1.807, 2.05) is 30.3 Å². The monoisotopic (exact) mass is 396 g/mol. The van der Waals surface area contributed by atoms with Crippen molar-refractivity contribution < 1.29 is 14.6 Å². The number of benzene rings is 3. The fourth-order valence-corrected chi connectivity index (χ4v) is 5.10. The van der Waals surface area contributed by atoms with Crippen molar-refractivity contribution in [1.29, 1.82) is 0 Å². The van der Waals surface area contributed by atoms with Crippen LogP contribution in [-0.4, -0.2) is 18.2 Å². The topological polar surface area (TPSA) is 46.5 Å². The van der Waals surface area contributed by atoms with Gasteiger partial charge in [-0.1, -0.05) is 72.3 Å². The third kappa shape index (κ3) is 2.98. The van der Waals surface area contributed by atoms with Crippen LogP contribution < -0.4 is 0 Å². The summed E-state index contributed by atoms with van der Waals surface area (Å²) in [5.74, 6) is -0.335. The normalized spacial score (nSPS) is 21.7. The van der Waals surface area contributed by atoms with Crippen LogP contribution in [0, 0.1) is 5.41 Å². The van der Waals surface area contributed by atoms with Gasteiger partial charge in [-0.3, -0.25) is 0 Å². The number of fused-ring (bicyclic) bond motifs is 2. The van der Waals surface area contributed by atoms with E-state index in [1.165, 1.54) is 29.4 Å². The number of rotatable bonds is 4. The Morgan fingerprint density at radius 3 is 2.40 bits per heavy atom. The number of ether oxygens (including phenoxy) is 1. The number of carbonyl (C=O) groups excluding carboxylic acids is 1. The number of hydrogen-bond donors (Lipinski definition) is 1. The van der Waals surface area contributed by atoms with Crippen molar-refractivity contribution in [1.82, 2.24) is 0 Å². The van der Waals surface area contributed by atoms with Crippen molar-refractivity contribution in [2.75, 3.05) is 7.11 Å². The molecule has 3 nitrogen and oxygen atoms in total. The first kappa shape index (κ1) is 18.8. The molecule has 0 aliphatic heterocycles. The second kappa shape index (κ2) is 7.26. The van der Waals surface area contributed by atoms with Gasteiger partial charge in [-0.05, 0) is 59.2 Å². The smallest absolute Gasteiger partial charge is 0.337 e. The van der Waals surface area contributed by atoms with Gasteiger partial charge in [0.1, 0.15) is 0 Å². The van der Waals surface area contributed by atoms with Crippen LogP contribution in [0.15, 0.2) is 78.4 Å². The van der Waals surface area contributed by atoms with Crippen molar-refractivity contribution in [2.45, 2.75) is 25.4 Å². The van der Waals surface area contributed by atoms with Gasteiger partial charge in [-0.15, -0.1) is 0 Å². The number of carbonyl (C=O) groups is 1. The molecule has 0 saturated carbocycles. The van der Waals surface area contributed by atoms with E-state index in [4.69, 9.17) is 4.74 Å². The first-order chi connectivity index (χ1) is 14.6. The van der Waals surface area contributed by atoms with Gasteiger partial charge in [0.25, 0.3) is 0 Å². The number of aliphatic hydroxyl groups excluding tert-OH is 1. The highest BCUT2D eigenvalue weighted by molar-refractivity contribution is 5.89. The van der Waals surface area contributed by atoms with Crippen LogP contribution >= 0.6 is 0 Å². The van der Waals surface area contributed by atoms with Gasteiger partial charge >= 0.3 is 5.97 Å². The van der Waals surface area contributed by atoms with Crippen molar-refractivity contribution in [3.8, 4) is 0 Å². The SMILES string of the molecule is COC(=O)c1ccc(C[C@]2(C3=Cc4ccccc4C3)Cc3ccccc3[C@@H]2O)cc1. The van der Waals surface area contributed by atoms with E-state index in [9.17, 15) is 9.90 Å². The lowest BCUT2D eigenvalue weighted by Gasteiger charge is -2.35. The average Bonchev–Trinajstić information content (AvgIpc) is 3.34. The predicted octanol–water partition coefficient (Wildman–Crippen LogP) is 4.93. The number of aliphatic hydroxyl groups is 1. The largest absolute Gasteiger partial charge is 0.465 e. The van der Waals surface area contributed by atoms with E-state index in [0.717, 1.165) is 24.0 Å². The van der Waals surface area contributed by atoms with Crippen LogP contribution in [-0.2, 0) is 24.0 Å². The van der Waals surface area contributed by atoms with Gasteiger partial charge in [0, 0.05) is 5.41 Å². The quantitative estimate of drug-likeness (QED) is 0.636. The predicted molar refractivity (Wildman–Crippen MR) is 117 cm³/mol. The Hall–Kier alpha value is -3.17. The summed E-state index contributed by atoms with van der Waals surface area (Å²) in [7, 11) is 1.39. The molecule has 2 atom stereocenters. The zero-order valence-corrected chi connectivity index (χ0v) is 17.0. The van der Waals surface area contributed by atoms with Crippen LogP contribution in [0.1, 0.15) is 44.3 Å². The van der Waals surface area contributed by atoms with E-state index < -0.39 is 11.5 Å². The third-order valence-corrected chi connectivity index (χ3v) is 6.68. The maximum Gasteiger partial charge on any atom is 0.337 e. The molecule has 2 aliphatic carbocycles. The van der Waals surface area contributed by atoms with Gasteiger partial charge < -0.3 is 9.84 Å². The van der Waals surface area contributed by atoms with Crippen molar-refractivity contribution in [2.24, 2.45) is 5.41 Å². The fourth-order valence-electron chi connectivity index (χ4n) is 5.10. The Morgan fingerprint density at radius 1 is 1.00 bits per heavy atom. The molecule has 1 N–H and O–H groups in total. The maximum atomic E-state index is 11.8. The second-order valence-corrected chi connectivity index (χ2v) is 8.34.